The monoisotopic (exact) mass is 405 g/mol. The number of rotatable bonds is 2. The van der Waals surface area contributed by atoms with E-state index in [0.717, 1.165) is 11.4 Å². The molecule has 0 atom stereocenters. The quantitative estimate of drug-likeness (QED) is 0.393. The molecule has 1 nitrogen and oxygen atoms in total. The molecule has 0 saturated carbocycles. The summed E-state index contributed by atoms with van der Waals surface area (Å²) in [6.07, 6.45) is 9.49. The Bertz CT molecular complexity index is 1020. The smallest absolute Gasteiger partial charge is 0.0853 e. The van der Waals surface area contributed by atoms with Crippen molar-refractivity contribution >= 4 is 23.5 Å². The van der Waals surface area contributed by atoms with Gasteiger partial charge in [0.15, 0.2) is 0 Å². The zero-order valence-corrected chi connectivity index (χ0v) is 19.0. The minimum Gasteiger partial charge on any atom is -0.329 e. The lowest BCUT2D eigenvalue weighted by Crippen LogP contribution is -2.18. The molecule has 0 aliphatic carbocycles. The summed E-state index contributed by atoms with van der Waals surface area (Å²) in [6.45, 7) is 8.99. The van der Waals surface area contributed by atoms with Gasteiger partial charge in [-0.05, 0) is 46.6 Å². The third-order valence-electron chi connectivity index (χ3n) is 4.76. The van der Waals surface area contributed by atoms with Crippen LogP contribution < -0.4 is 4.90 Å². The van der Waals surface area contributed by atoms with Crippen LogP contribution in [-0.2, 0) is 0 Å². The number of benzene rings is 3. The molecule has 0 unspecified atom stereocenters. The van der Waals surface area contributed by atoms with Gasteiger partial charge in [-0.3, -0.25) is 0 Å². The van der Waals surface area contributed by atoms with Gasteiger partial charge >= 0.3 is 0 Å². The maximum absolute atomic E-state index is 5.21. The molecule has 0 amide bonds. The maximum atomic E-state index is 5.21. The van der Waals surface area contributed by atoms with E-state index < -0.39 is 0 Å². The molecule has 1 aliphatic rings. The predicted molar refractivity (Wildman–Crippen MR) is 137 cm³/mol. The highest BCUT2D eigenvalue weighted by Crippen LogP contribution is 2.35. The summed E-state index contributed by atoms with van der Waals surface area (Å²) in [7, 11) is 0. The number of hydrogen-bond acceptors (Lipinski definition) is 1. The van der Waals surface area contributed by atoms with Crippen LogP contribution in [0.2, 0.25) is 0 Å². The van der Waals surface area contributed by atoms with E-state index in [4.69, 9.17) is 6.42 Å². The first-order chi connectivity index (χ1) is 15.2. The lowest BCUT2D eigenvalue weighted by atomic mass is 10.0. The SMILES string of the molecule is C#CC#CCN1c2ccccc2C=Cc2ccccc21.CC.CC(C)c1ccccc1. The van der Waals surface area contributed by atoms with Crippen molar-refractivity contribution in [2.75, 3.05) is 11.4 Å². The molecule has 1 heteroatoms. The largest absolute Gasteiger partial charge is 0.329 e. The van der Waals surface area contributed by atoms with Crippen molar-refractivity contribution in [2.45, 2.75) is 33.6 Å². The Balaban J connectivity index is 0.000000261. The summed E-state index contributed by atoms with van der Waals surface area (Å²) >= 11 is 0. The third kappa shape index (κ3) is 6.67. The molecule has 0 saturated heterocycles. The van der Waals surface area contributed by atoms with Gasteiger partial charge in [-0.2, -0.15) is 0 Å². The van der Waals surface area contributed by atoms with Gasteiger partial charge in [0, 0.05) is 11.4 Å². The molecule has 31 heavy (non-hydrogen) atoms. The second-order valence-corrected chi connectivity index (χ2v) is 7.05. The van der Waals surface area contributed by atoms with E-state index in [2.05, 4.69) is 97.2 Å². The van der Waals surface area contributed by atoms with Crippen LogP contribution >= 0.6 is 0 Å². The Morgan fingerprint density at radius 1 is 0.742 bits per heavy atom. The van der Waals surface area contributed by atoms with Crippen molar-refractivity contribution in [3.8, 4) is 24.2 Å². The summed E-state index contributed by atoms with van der Waals surface area (Å²) in [4.78, 5) is 2.20. The van der Waals surface area contributed by atoms with E-state index in [1.807, 2.05) is 44.2 Å². The Morgan fingerprint density at radius 2 is 1.23 bits per heavy atom. The van der Waals surface area contributed by atoms with Crippen LogP contribution in [0.1, 0.15) is 50.3 Å². The molecule has 0 radical (unpaired) electrons. The van der Waals surface area contributed by atoms with Crippen molar-refractivity contribution < 1.29 is 0 Å². The van der Waals surface area contributed by atoms with Crippen LogP contribution in [-0.4, -0.2) is 6.54 Å². The highest BCUT2D eigenvalue weighted by Gasteiger charge is 2.16. The summed E-state index contributed by atoms with van der Waals surface area (Å²) in [5.41, 5.74) is 6.09. The first-order valence-corrected chi connectivity index (χ1v) is 10.8. The van der Waals surface area contributed by atoms with Crippen molar-refractivity contribution in [2.24, 2.45) is 0 Å². The zero-order chi connectivity index (χ0) is 22.5. The number of nitrogens with zero attached hydrogens (tertiary/aromatic N) is 1. The minimum atomic E-state index is 0.583. The Hall–Kier alpha value is -3.68. The molecule has 0 spiro atoms. The molecular weight excluding hydrogens is 374 g/mol. The van der Waals surface area contributed by atoms with Gasteiger partial charge in [-0.15, -0.1) is 6.42 Å². The highest BCUT2D eigenvalue weighted by atomic mass is 15.1. The van der Waals surface area contributed by atoms with E-state index in [1.54, 1.807) is 0 Å². The second-order valence-electron chi connectivity index (χ2n) is 7.05. The zero-order valence-electron chi connectivity index (χ0n) is 19.0. The van der Waals surface area contributed by atoms with Gasteiger partial charge in [-0.25, -0.2) is 0 Å². The molecular formula is C30H31N. The van der Waals surface area contributed by atoms with Crippen LogP contribution in [0.15, 0.2) is 78.9 Å². The van der Waals surface area contributed by atoms with Crippen LogP contribution in [0.5, 0.6) is 0 Å². The molecule has 1 aliphatic heterocycles. The summed E-state index contributed by atoms with van der Waals surface area (Å²) in [6, 6.07) is 27.1. The Labute approximate surface area is 188 Å². The number of anilines is 2. The van der Waals surface area contributed by atoms with Gasteiger partial charge in [-0.1, -0.05) is 112 Å². The van der Waals surface area contributed by atoms with Crippen LogP contribution in [0.4, 0.5) is 11.4 Å². The summed E-state index contributed by atoms with van der Waals surface area (Å²) < 4.78 is 0. The fraction of sp³-hybridized carbons (Fsp3) is 0.200. The van der Waals surface area contributed by atoms with Gasteiger partial charge in [0.1, 0.15) is 0 Å². The molecule has 0 aromatic heterocycles. The molecule has 1 heterocycles. The number of terminal acetylenes is 1. The van der Waals surface area contributed by atoms with E-state index >= 15 is 0 Å². The average molecular weight is 406 g/mol. The standard InChI is InChI=1S/C19H13N.C9H12.C2H6/c1-2-3-8-15-20-18-11-6-4-9-16(18)13-14-17-10-5-7-12-19(17)20;1-8(2)9-6-4-3-5-7-9;1-2/h1,4-7,9-14H,15H2;3-8H,1-2H3;1-2H3. The third-order valence-corrected chi connectivity index (χ3v) is 4.76. The van der Waals surface area contributed by atoms with E-state index in [1.165, 1.54) is 16.7 Å². The van der Waals surface area contributed by atoms with Crippen molar-refractivity contribution in [1.82, 2.24) is 0 Å². The molecule has 0 fully saturated rings. The molecule has 3 aromatic carbocycles. The van der Waals surface area contributed by atoms with Crippen molar-refractivity contribution in [1.29, 1.82) is 0 Å². The lowest BCUT2D eigenvalue weighted by molar-refractivity contribution is 0.867. The van der Waals surface area contributed by atoms with Gasteiger partial charge in [0.05, 0.1) is 6.54 Å². The summed E-state index contributed by atoms with van der Waals surface area (Å²) in [5, 5.41) is 0. The van der Waals surface area contributed by atoms with Gasteiger partial charge in [0.2, 0.25) is 0 Å². The van der Waals surface area contributed by atoms with Crippen LogP contribution in [0.3, 0.4) is 0 Å². The maximum Gasteiger partial charge on any atom is 0.0853 e. The topological polar surface area (TPSA) is 3.24 Å². The van der Waals surface area contributed by atoms with Gasteiger partial charge in [0.25, 0.3) is 0 Å². The van der Waals surface area contributed by atoms with E-state index in [9.17, 15) is 0 Å². The second kappa shape index (κ2) is 12.8. The first kappa shape index (κ1) is 23.6. The fourth-order valence-electron chi connectivity index (χ4n) is 3.24. The van der Waals surface area contributed by atoms with Crippen molar-refractivity contribution in [3.63, 3.8) is 0 Å². The van der Waals surface area contributed by atoms with Crippen molar-refractivity contribution in [3.05, 3.63) is 95.6 Å². The fourth-order valence-corrected chi connectivity index (χ4v) is 3.24. The molecule has 4 rings (SSSR count). The number of para-hydroxylation sites is 2. The normalized spacial score (nSPS) is 10.5. The highest BCUT2D eigenvalue weighted by molar-refractivity contribution is 5.88. The number of hydrogen-bond donors (Lipinski definition) is 0. The average Bonchev–Trinajstić information content (AvgIpc) is 2.99. The van der Waals surface area contributed by atoms with E-state index in [0.29, 0.717) is 12.5 Å². The molecule has 0 bridgehead atoms. The molecule has 156 valence electrons. The molecule has 3 aromatic rings. The predicted octanol–water partition coefficient (Wildman–Crippen LogP) is 7.78. The molecule has 0 N–H and O–H groups in total. The van der Waals surface area contributed by atoms with Crippen LogP contribution in [0, 0.1) is 24.2 Å². The Morgan fingerprint density at radius 3 is 1.68 bits per heavy atom. The summed E-state index contributed by atoms with van der Waals surface area (Å²) in [5.74, 6) is 8.75. The van der Waals surface area contributed by atoms with Gasteiger partial charge < -0.3 is 4.90 Å². The lowest BCUT2D eigenvalue weighted by Gasteiger charge is -2.24. The van der Waals surface area contributed by atoms with E-state index in [-0.39, 0.29) is 0 Å². The Kier molecular flexibility index (Phi) is 9.74. The minimum absolute atomic E-state index is 0.583. The number of fused-ring (bicyclic) bond motifs is 2. The first-order valence-electron chi connectivity index (χ1n) is 10.8. The van der Waals surface area contributed by atoms with Crippen LogP contribution in [0.25, 0.3) is 12.2 Å².